The molecule has 3 aliphatic rings. The van der Waals surface area contributed by atoms with Gasteiger partial charge < -0.3 is 25.4 Å². The molecule has 9 heteroatoms. The van der Waals surface area contributed by atoms with Crippen molar-refractivity contribution in [2.45, 2.75) is 43.9 Å². The van der Waals surface area contributed by atoms with Crippen LogP contribution in [0.15, 0.2) is 24.5 Å². The summed E-state index contributed by atoms with van der Waals surface area (Å²) in [4.78, 5) is 34.3. The molecule has 0 atom stereocenters. The van der Waals surface area contributed by atoms with Gasteiger partial charge in [-0.05, 0) is 25.0 Å². The van der Waals surface area contributed by atoms with Crippen molar-refractivity contribution in [2.24, 2.45) is 0 Å². The van der Waals surface area contributed by atoms with Crippen molar-refractivity contribution in [1.29, 1.82) is 0 Å². The summed E-state index contributed by atoms with van der Waals surface area (Å²) in [6, 6.07) is 4.07. The van der Waals surface area contributed by atoms with Gasteiger partial charge in [0.1, 0.15) is 11.6 Å². The number of pyridine rings is 1. The Morgan fingerprint density at radius 3 is 2.64 bits per heavy atom. The number of rotatable bonds is 3. The van der Waals surface area contributed by atoms with Crippen molar-refractivity contribution in [3.05, 3.63) is 30.1 Å². The monoisotopic (exact) mass is 446 g/mol. The van der Waals surface area contributed by atoms with Crippen LogP contribution in [0, 0.1) is 0 Å². The second-order valence-electron chi connectivity index (χ2n) is 9.54. The molecule has 3 aromatic rings. The molecule has 1 amide bonds. The van der Waals surface area contributed by atoms with Gasteiger partial charge in [0, 0.05) is 50.6 Å². The van der Waals surface area contributed by atoms with Gasteiger partial charge in [0.25, 0.3) is 0 Å². The predicted molar refractivity (Wildman–Crippen MR) is 129 cm³/mol. The molecule has 2 aliphatic heterocycles. The maximum Gasteiger partial charge on any atom is 0.229 e. The molecule has 9 nitrogen and oxygen atoms in total. The van der Waals surface area contributed by atoms with E-state index in [1.54, 1.807) is 4.90 Å². The van der Waals surface area contributed by atoms with E-state index in [-0.39, 0.29) is 11.3 Å². The molecule has 1 saturated carbocycles. The van der Waals surface area contributed by atoms with E-state index >= 15 is 0 Å². The number of anilines is 4. The van der Waals surface area contributed by atoms with E-state index in [9.17, 15) is 4.79 Å². The van der Waals surface area contributed by atoms with Crippen molar-refractivity contribution in [1.82, 2.24) is 25.3 Å². The topological polar surface area (TPSA) is 102 Å². The second kappa shape index (κ2) is 7.98. The number of H-pyrrole nitrogens is 1. The molecule has 0 bridgehead atoms. The Labute approximate surface area is 193 Å². The lowest BCUT2D eigenvalue weighted by Gasteiger charge is -2.42. The highest BCUT2D eigenvalue weighted by atomic mass is 16.2. The van der Waals surface area contributed by atoms with E-state index in [1.165, 1.54) is 12.0 Å². The van der Waals surface area contributed by atoms with E-state index in [4.69, 9.17) is 4.98 Å². The number of hydrogen-bond acceptors (Lipinski definition) is 7. The number of nitrogens with one attached hydrogen (secondary N) is 3. The first kappa shape index (κ1) is 20.4. The van der Waals surface area contributed by atoms with Crippen LogP contribution in [0.5, 0.6) is 0 Å². The third kappa shape index (κ3) is 3.51. The molecule has 6 rings (SSSR count). The molecule has 3 aromatic heterocycles. The molecule has 172 valence electrons. The highest BCUT2D eigenvalue weighted by Crippen LogP contribution is 2.51. The largest absolute Gasteiger partial charge is 0.368 e. The molecule has 1 spiro atoms. The number of fused-ring (bicyclic) bond motifs is 4. The molecule has 0 radical (unpaired) electrons. The quantitative estimate of drug-likeness (QED) is 0.568. The van der Waals surface area contributed by atoms with Gasteiger partial charge in [-0.3, -0.25) is 4.79 Å². The van der Waals surface area contributed by atoms with Crippen LogP contribution in [0.1, 0.15) is 44.1 Å². The van der Waals surface area contributed by atoms with E-state index < -0.39 is 0 Å². The van der Waals surface area contributed by atoms with Gasteiger partial charge in [0.05, 0.1) is 29.1 Å². The summed E-state index contributed by atoms with van der Waals surface area (Å²) < 4.78 is 0. The van der Waals surface area contributed by atoms with Crippen molar-refractivity contribution in [2.75, 3.05) is 48.3 Å². The van der Waals surface area contributed by atoms with Gasteiger partial charge in [0.15, 0.2) is 0 Å². The molecule has 2 fully saturated rings. The fourth-order valence-electron chi connectivity index (χ4n) is 5.74. The second-order valence-corrected chi connectivity index (χ2v) is 9.54. The summed E-state index contributed by atoms with van der Waals surface area (Å²) >= 11 is 0. The highest BCUT2D eigenvalue weighted by Gasteiger charge is 2.45. The maximum absolute atomic E-state index is 12.8. The number of amides is 1. The Morgan fingerprint density at radius 2 is 1.88 bits per heavy atom. The summed E-state index contributed by atoms with van der Waals surface area (Å²) in [5.74, 6) is 2.30. The number of aromatic nitrogens is 4. The minimum atomic E-state index is -0.121. The summed E-state index contributed by atoms with van der Waals surface area (Å²) in [5, 5.41) is 6.65. The molecule has 3 N–H and O–H groups in total. The van der Waals surface area contributed by atoms with Gasteiger partial charge in [-0.15, -0.1) is 0 Å². The third-order valence-corrected chi connectivity index (χ3v) is 7.53. The Balaban J connectivity index is 1.33. The first-order chi connectivity index (χ1) is 16.1. The molecule has 1 aliphatic carbocycles. The maximum atomic E-state index is 12.8. The van der Waals surface area contributed by atoms with Crippen molar-refractivity contribution >= 4 is 40.2 Å². The van der Waals surface area contributed by atoms with Crippen LogP contribution in [0.3, 0.4) is 0 Å². The summed E-state index contributed by atoms with van der Waals surface area (Å²) in [7, 11) is 1.85. The van der Waals surface area contributed by atoms with Crippen LogP contribution in [0.2, 0.25) is 0 Å². The highest BCUT2D eigenvalue weighted by molar-refractivity contribution is 6.02. The van der Waals surface area contributed by atoms with Gasteiger partial charge >= 0.3 is 0 Å². The molecule has 0 unspecified atom stereocenters. The van der Waals surface area contributed by atoms with E-state index in [0.29, 0.717) is 12.4 Å². The Hall–Kier alpha value is -3.20. The number of carbonyl (C=O) groups excluding carboxylic acids is 1. The standard InChI is InChI=1S/C24H30N8O/c1-31-19(33)13-24(7-3-2-4-8-24)20-21-17(28-22(20)31)15-27-23(30-21)29-18-6-5-16(14-26-18)32-11-9-25-10-12-32/h5-6,14-15,25,28H,2-4,7-13H2,1H3,(H,26,27,29,30). The third-order valence-electron chi connectivity index (χ3n) is 7.53. The fourth-order valence-corrected chi connectivity index (χ4v) is 5.74. The predicted octanol–water partition coefficient (Wildman–Crippen LogP) is 3.07. The molecule has 0 aromatic carbocycles. The van der Waals surface area contributed by atoms with Crippen LogP contribution in [0.25, 0.3) is 11.0 Å². The van der Waals surface area contributed by atoms with E-state index in [1.807, 2.05) is 25.5 Å². The Morgan fingerprint density at radius 1 is 1.06 bits per heavy atom. The van der Waals surface area contributed by atoms with Crippen molar-refractivity contribution in [3.8, 4) is 0 Å². The minimum absolute atomic E-state index is 0.121. The Bertz CT molecular complexity index is 1180. The molecule has 5 heterocycles. The van der Waals surface area contributed by atoms with E-state index in [0.717, 1.165) is 80.2 Å². The zero-order valence-corrected chi connectivity index (χ0v) is 19.0. The van der Waals surface area contributed by atoms with Crippen LogP contribution < -0.4 is 20.4 Å². The van der Waals surface area contributed by atoms with Crippen LogP contribution >= 0.6 is 0 Å². The number of nitrogens with zero attached hydrogens (tertiary/aromatic N) is 5. The molecular weight excluding hydrogens is 416 g/mol. The number of aromatic amines is 1. The summed E-state index contributed by atoms with van der Waals surface area (Å²) in [6.07, 6.45) is 9.90. The lowest BCUT2D eigenvalue weighted by atomic mass is 9.66. The first-order valence-electron chi connectivity index (χ1n) is 12.0. The lowest BCUT2D eigenvalue weighted by molar-refractivity contribution is -0.120. The Kier molecular flexibility index (Phi) is 4.94. The first-order valence-corrected chi connectivity index (χ1v) is 12.0. The SMILES string of the molecule is CN1C(=O)CC2(CCCCC2)c2c1[nH]c1cnc(Nc3ccc(N4CCNCC4)cn3)nc21. The number of carbonyl (C=O) groups is 1. The zero-order valence-electron chi connectivity index (χ0n) is 19.0. The fraction of sp³-hybridized carbons (Fsp3) is 0.500. The minimum Gasteiger partial charge on any atom is -0.368 e. The number of piperazine rings is 1. The summed E-state index contributed by atoms with van der Waals surface area (Å²) in [5.41, 5.74) is 3.99. The van der Waals surface area contributed by atoms with Crippen LogP contribution in [0.4, 0.5) is 23.3 Å². The average molecular weight is 447 g/mol. The van der Waals surface area contributed by atoms with Crippen LogP contribution in [-0.4, -0.2) is 59.1 Å². The van der Waals surface area contributed by atoms with Gasteiger partial charge in [-0.2, -0.15) is 0 Å². The lowest BCUT2D eigenvalue weighted by Crippen LogP contribution is -2.43. The normalized spacial score (nSPS) is 20.3. The van der Waals surface area contributed by atoms with Gasteiger partial charge in [-0.25, -0.2) is 15.0 Å². The zero-order chi connectivity index (χ0) is 22.4. The number of hydrogen-bond donors (Lipinski definition) is 3. The smallest absolute Gasteiger partial charge is 0.229 e. The molecule has 33 heavy (non-hydrogen) atoms. The summed E-state index contributed by atoms with van der Waals surface area (Å²) in [6.45, 7) is 3.98. The van der Waals surface area contributed by atoms with Gasteiger partial charge in [0.2, 0.25) is 11.9 Å². The van der Waals surface area contributed by atoms with Gasteiger partial charge in [-0.1, -0.05) is 19.3 Å². The molecule has 1 saturated heterocycles. The average Bonchev–Trinajstić information content (AvgIpc) is 3.24. The van der Waals surface area contributed by atoms with Crippen molar-refractivity contribution in [3.63, 3.8) is 0 Å². The molecular formula is C24H30N8O. The van der Waals surface area contributed by atoms with Crippen molar-refractivity contribution < 1.29 is 4.79 Å². The van der Waals surface area contributed by atoms with E-state index in [2.05, 4.69) is 36.6 Å². The van der Waals surface area contributed by atoms with Crippen LogP contribution in [-0.2, 0) is 10.2 Å².